The molecule has 4 heteroatoms. The van der Waals surface area contributed by atoms with E-state index in [1.807, 2.05) is 0 Å². The molecule has 10 heavy (non-hydrogen) atoms. The molecule has 0 saturated heterocycles. The van der Waals surface area contributed by atoms with Gasteiger partial charge in [0.15, 0.2) is 0 Å². The van der Waals surface area contributed by atoms with Gasteiger partial charge in [0.1, 0.15) is 26.7 Å². The monoisotopic (exact) mass is 160 g/mol. The van der Waals surface area contributed by atoms with Crippen molar-refractivity contribution in [2.45, 2.75) is 5.34 Å². The molecule has 0 amide bonds. The van der Waals surface area contributed by atoms with Crippen LogP contribution >= 0.6 is 9.24 Å². The molecule has 0 aliphatic carbocycles. The minimum absolute atomic E-state index is 0.0887. The first-order valence-corrected chi connectivity index (χ1v) is 3.06. The average Bonchev–Trinajstić information content (AvgIpc) is 1.89. The van der Waals surface area contributed by atoms with E-state index in [0.29, 0.717) is 0 Å². The maximum Gasteiger partial charge on any atom is 0.128 e. The highest BCUT2D eigenvalue weighted by molar-refractivity contribution is 7.18. The van der Waals surface area contributed by atoms with E-state index in [4.69, 9.17) is 21.3 Å². The van der Waals surface area contributed by atoms with Gasteiger partial charge in [-0.3, -0.25) is 0 Å². The minimum atomic E-state index is -0.858. The van der Waals surface area contributed by atoms with Crippen molar-refractivity contribution in [2.24, 2.45) is 0 Å². The topological polar surface area (TPSA) is 27.7 Å². The van der Waals surface area contributed by atoms with Crippen molar-refractivity contribution < 1.29 is 14.2 Å². The van der Waals surface area contributed by atoms with E-state index in [9.17, 15) is 0 Å². The zero-order valence-electron chi connectivity index (χ0n) is 5.45. The van der Waals surface area contributed by atoms with Crippen LogP contribution in [0.2, 0.25) is 0 Å². The van der Waals surface area contributed by atoms with E-state index < -0.39 is 5.34 Å². The predicted octanol–water partition coefficient (Wildman–Crippen LogP) is 0.613. The molecule has 0 aliphatic heterocycles. The Balaban J connectivity index is 3.69. The fourth-order valence-corrected chi connectivity index (χ4v) is 0.584. The summed E-state index contributed by atoms with van der Waals surface area (Å²) in [7, 11) is 16.7. The molecular weight excluding hydrogens is 151 g/mol. The summed E-state index contributed by atoms with van der Waals surface area (Å²) in [4.78, 5) is 0. The molecule has 1 unspecified atom stereocenters. The van der Waals surface area contributed by atoms with Gasteiger partial charge in [0, 0.05) is 0 Å². The summed E-state index contributed by atoms with van der Waals surface area (Å²) in [5.74, 6) is 0. The molecule has 56 valence electrons. The lowest BCUT2D eigenvalue weighted by Gasteiger charge is -2.24. The largest absolute Gasteiger partial charge is 0.369 e. The standard InChI is InChI=1S/C6H9O3P/c1-7-4-6(10,9-3)5-8-2/h1-3H,4-5,10H2. The van der Waals surface area contributed by atoms with Crippen LogP contribution in [0.5, 0.6) is 0 Å². The fraction of sp³-hybridized carbons (Fsp3) is 0.500. The summed E-state index contributed by atoms with van der Waals surface area (Å²) >= 11 is 0. The van der Waals surface area contributed by atoms with Gasteiger partial charge in [-0.05, 0) is 0 Å². The van der Waals surface area contributed by atoms with Crippen LogP contribution in [0.1, 0.15) is 0 Å². The average molecular weight is 160 g/mol. The second-order valence-corrected chi connectivity index (χ2v) is 2.86. The van der Waals surface area contributed by atoms with Crippen LogP contribution < -0.4 is 0 Å². The Kier molecular flexibility index (Phi) is 5.18. The first kappa shape index (κ1) is 10.3. The molecule has 1 atom stereocenters. The summed E-state index contributed by atoms with van der Waals surface area (Å²) in [5, 5.41) is -0.858. The first-order valence-electron chi connectivity index (χ1n) is 2.48. The second-order valence-electron chi connectivity index (χ2n) is 1.80. The Morgan fingerprint density at radius 2 is 1.50 bits per heavy atom. The molecule has 0 aromatic rings. The molecule has 0 aromatic heterocycles. The highest BCUT2D eigenvalue weighted by Crippen LogP contribution is 2.20. The highest BCUT2D eigenvalue weighted by Gasteiger charge is 2.23. The van der Waals surface area contributed by atoms with Crippen LogP contribution in [0.15, 0.2) is 0 Å². The minimum Gasteiger partial charge on any atom is -0.369 e. The summed E-state index contributed by atoms with van der Waals surface area (Å²) in [6.45, 7) is 0.177. The Hall–Kier alpha value is 0.310. The Labute approximate surface area is 64.2 Å². The Morgan fingerprint density at radius 3 is 1.70 bits per heavy atom. The lowest BCUT2D eigenvalue weighted by atomic mass is 10.4. The van der Waals surface area contributed by atoms with Gasteiger partial charge in [-0.2, -0.15) is 0 Å². The summed E-state index contributed by atoms with van der Waals surface area (Å²) in [6.07, 6.45) is 0. The highest BCUT2D eigenvalue weighted by atomic mass is 31.0. The van der Waals surface area contributed by atoms with Crippen molar-refractivity contribution in [3.63, 3.8) is 0 Å². The van der Waals surface area contributed by atoms with Crippen molar-refractivity contribution in [1.29, 1.82) is 0 Å². The van der Waals surface area contributed by atoms with Gasteiger partial charge in [-0.15, -0.1) is 0 Å². The fourth-order valence-electron chi connectivity index (χ4n) is 0.392. The molecule has 0 bridgehead atoms. The van der Waals surface area contributed by atoms with Gasteiger partial charge in [-0.1, -0.05) is 9.24 Å². The molecule has 0 spiro atoms. The first-order chi connectivity index (χ1) is 4.68. The van der Waals surface area contributed by atoms with Crippen molar-refractivity contribution in [2.75, 3.05) is 13.2 Å². The van der Waals surface area contributed by atoms with E-state index in [-0.39, 0.29) is 13.2 Å². The predicted molar refractivity (Wildman–Crippen MR) is 38.3 cm³/mol. The van der Waals surface area contributed by atoms with Crippen molar-refractivity contribution in [3.05, 3.63) is 21.3 Å². The van der Waals surface area contributed by atoms with Crippen LogP contribution in [0.3, 0.4) is 0 Å². The second kappa shape index (κ2) is 5.03. The maximum atomic E-state index is 4.89. The van der Waals surface area contributed by atoms with Crippen molar-refractivity contribution in [3.8, 4) is 0 Å². The SMILES string of the molecule is [CH]OCC(P)(CO[CH])O[CH]. The third-order valence-electron chi connectivity index (χ3n) is 0.890. The number of ether oxygens (including phenoxy) is 3. The smallest absolute Gasteiger partial charge is 0.128 e. The molecule has 0 N–H and O–H groups in total. The van der Waals surface area contributed by atoms with E-state index in [1.54, 1.807) is 0 Å². The van der Waals surface area contributed by atoms with E-state index in [2.05, 4.69) is 23.5 Å². The summed E-state index contributed by atoms with van der Waals surface area (Å²) in [5.41, 5.74) is 0. The normalized spacial score (nSPS) is 12.0. The molecular formula is C6H9O3P. The molecule has 0 heterocycles. The number of hydrogen-bond acceptors (Lipinski definition) is 3. The van der Waals surface area contributed by atoms with Gasteiger partial charge in [0.05, 0.1) is 13.2 Å². The van der Waals surface area contributed by atoms with Crippen molar-refractivity contribution in [1.82, 2.24) is 0 Å². The molecule has 3 nitrogen and oxygen atoms in total. The van der Waals surface area contributed by atoms with E-state index in [1.165, 1.54) is 0 Å². The number of hydrogen-bond donors (Lipinski definition) is 0. The van der Waals surface area contributed by atoms with Gasteiger partial charge in [0.25, 0.3) is 0 Å². The zero-order valence-corrected chi connectivity index (χ0v) is 6.60. The van der Waals surface area contributed by atoms with Gasteiger partial charge in [0.2, 0.25) is 0 Å². The zero-order chi connectivity index (χ0) is 8.04. The maximum absolute atomic E-state index is 4.89. The molecule has 0 aliphatic rings. The molecule has 0 fully saturated rings. The Bertz CT molecular complexity index is 81.1. The van der Waals surface area contributed by atoms with E-state index >= 15 is 0 Å². The summed E-state index contributed by atoms with van der Waals surface area (Å²) in [6, 6.07) is 0. The third kappa shape index (κ3) is 3.47. The molecule has 0 aromatic carbocycles. The Morgan fingerprint density at radius 1 is 1.10 bits per heavy atom. The van der Waals surface area contributed by atoms with Crippen LogP contribution in [0.25, 0.3) is 0 Å². The lowest BCUT2D eigenvalue weighted by Crippen LogP contribution is -2.33. The van der Waals surface area contributed by atoms with Crippen LogP contribution in [-0.4, -0.2) is 18.6 Å². The van der Waals surface area contributed by atoms with Crippen LogP contribution in [0, 0.1) is 21.3 Å². The quantitative estimate of drug-likeness (QED) is 0.551. The molecule has 0 rings (SSSR count). The van der Waals surface area contributed by atoms with Gasteiger partial charge in [-0.25, -0.2) is 0 Å². The van der Waals surface area contributed by atoms with Crippen LogP contribution in [-0.2, 0) is 14.2 Å². The van der Waals surface area contributed by atoms with Crippen LogP contribution in [0.4, 0.5) is 0 Å². The van der Waals surface area contributed by atoms with Gasteiger partial charge < -0.3 is 14.2 Å². The molecule has 0 saturated carbocycles. The van der Waals surface area contributed by atoms with Crippen molar-refractivity contribution >= 4 is 9.24 Å². The number of rotatable bonds is 5. The van der Waals surface area contributed by atoms with E-state index in [0.717, 1.165) is 0 Å². The third-order valence-corrected chi connectivity index (χ3v) is 1.36. The molecule has 6 radical (unpaired) electrons. The lowest BCUT2D eigenvalue weighted by molar-refractivity contribution is -0.0115. The summed E-state index contributed by atoms with van der Waals surface area (Å²) < 4.78 is 13.0. The van der Waals surface area contributed by atoms with Gasteiger partial charge >= 0.3 is 0 Å².